The fraction of sp³-hybridized carbons (Fsp3) is 0.765. The Morgan fingerprint density at radius 3 is 2.57 bits per heavy atom. The number of nitrogens with zero attached hydrogens (tertiary/aromatic N) is 3. The lowest BCUT2D eigenvalue weighted by Gasteiger charge is -2.35. The molecule has 1 aromatic heterocycles. The van der Waals surface area contributed by atoms with Gasteiger partial charge in [0, 0.05) is 44.7 Å². The van der Waals surface area contributed by atoms with E-state index in [1.165, 1.54) is 0 Å². The molecule has 1 aromatic rings. The molecule has 0 bridgehead atoms. The van der Waals surface area contributed by atoms with Gasteiger partial charge in [0.25, 0.3) is 5.91 Å². The van der Waals surface area contributed by atoms with Crippen molar-refractivity contribution in [1.29, 1.82) is 0 Å². The summed E-state index contributed by atoms with van der Waals surface area (Å²) >= 11 is 0. The number of piperidine rings is 1. The average molecular weight is 319 g/mol. The van der Waals surface area contributed by atoms with E-state index in [1.54, 1.807) is 0 Å². The molecule has 3 aliphatic rings. The third-order valence-electron chi connectivity index (χ3n) is 5.25. The van der Waals surface area contributed by atoms with Crippen molar-refractivity contribution in [2.24, 2.45) is 5.92 Å². The number of carbonyl (C=O) groups is 1. The number of aromatic nitrogens is 1. The van der Waals surface area contributed by atoms with E-state index in [4.69, 9.17) is 9.26 Å². The van der Waals surface area contributed by atoms with Gasteiger partial charge in [-0.25, -0.2) is 0 Å². The molecule has 126 valence electrons. The van der Waals surface area contributed by atoms with Gasteiger partial charge < -0.3 is 14.2 Å². The number of hydrogen-bond donors (Lipinski definition) is 0. The smallest absolute Gasteiger partial charge is 0.276 e. The predicted octanol–water partition coefficient (Wildman–Crippen LogP) is 1.74. The van der Waals surface area contributed by atoms with E-state index in [0.717, 1.165) is 77.4 Å². The minimum Gasteiger partial charge on any atom is -0.379 e. The Bertz CT molecular complexity index is 541. The van der Waals surface area contributed by atoms with Crippen molar-refractivity contribution < 1.29 is 14.1 Å². The fourth-order valence-corrected chi connectivity index (χ4v) is 3.58. The molecule has 0 radical (unpaired) electrons. The molecule has 2 saturated heterocycles. The summed E-state index contributed by atoms with van der Waals surface area (Å²) in [5.41, 5.74) is 0.485. The van der Waals surface area contributed by atoms with Gasteiger partial charge in [-0.3, -0.25) is 9.69 Å². The Morgan fingerprint density at radius 2 is 1.87 bits per heavy atom. The highest BCUT2D eigenvalue weighted by Crippen LogP contribution is 2.40. The molecule has 0 aromatic carbocycles. The first kappa shape index (κ1) is 15.1. The molecule has 2 aliphatic heterocycles. The third-order valence-corrected chi connectivity index (χ3v) is 5.25. The van der Waals surface area contributed by atoms with Crippen LogP contribution in [0.5, 0.6) is 0 Å². The van der Waals surface area contributed by atoms with Gasteiger partial charge in [0.1, 0.15) is 5.76 Å². The first-order chi connectivity index (χ1) is 11.3. The third kappa shape index (κ3) is 3.58. The standard InChI is InChI=1S/C17H25N3O3/c21-17(15-11-16(23-18-15)14-1-2-14)20-5-3-13(4-6-20)12-19-7-9-22-10-8-19/h11,13-14H,1-10,12H2. The minimum atomic E-state index is 0.0328. The van der Waals surface area contributed by atoms with Crippen molar-refractivity contribution in [3.63, 3.8) is 0 Å². The Hall–Kier alpha value is -1.40. The van der Waals surface area contributed by atoms with E-state index in [0.29, 0.717) is 17.5 Å². The lowest BCUT2D eigenvalue weighted by atomic mass is 9.96. The monoisotopic (exact) mass is 319 g/mol. The Balaban J connectivity index is 1.27. The van der Waals surface area contributed by atoms with Crippen LogP contribution in [0, 0.1) is 5.92 Å². The first-order valence-electron chi connectivity index (χ1n) is 8.85. The number of ether oxygens (including phenoxy) is 1. The van der Waals surface area contributed by atoms with Gasteiger partial charge in [0.15, 0.2) is 5.69 Å². The molecule has 0 spiro atoms. The molecule has 6 nitrogen and oxygen atoms in total. The summed E-state index contributed by atoms with van der Waals surface area (Å²) in [6.07, 6.45) is 4.48. The molecule has 23 heavy (non-hydrogen) atoms. The van der Waals surface area contributed by atoms with Gasteiger partial charge in [-0.15, -0.1) is 0 Å². The summed E-state index contributed by atoms with van der Waals surface area (Å²) in [5.74, 6) is 2.11. The Labute approximate surface area is 136 Å². The molecule has 0 N–H and O–H groups in total. The molecule has 4 rings (SSSR count). The van der Waals surface area contributed by atoms with Crippen LogP contribution in [-0.4, -0.2) is 66.8 Å². The van der Waals surface area contributed by atoms with Crippen LogP contribution in [-0.2, 0) is 4.74 Å². The van der Waals surface area contributed by atoms with Crippen molar-refractivity contribution in [1.82, 2.24) is 15.0 Å². The summed E-state index contributed by atoms with van der Waals surface area (Å²) in [4.78, 5) is 17.0. The zero-order valence-electron chi connectivity index (χ0n) is 13.6. The number of amides is 1. The van der Waals surface area contributed by atoms with Gasteiger partial charge in [0.05, 0.1) is 13.2 Å². The van der Waals surface area contributed by atoms with Crippen molar-refractivity contribution in [3.8, 4) is 0 Å². The van der Waals surface area contributed by atoms with Crippen LogP contribution in [0.3, 0.4) is 0 Å². The topological polar surface area (TPSA) is 58.8 Å². The zero-order valence-corrected chi connectivity index (χ0v) is 13.6. The van der Waals surface area contributed by atoms with E-state index >= 15 is 0 Å². The van der Waals surface area contributed by atoms with Gasteiger partial charge >= 0.3 is 0 Å². The molecule has 0 unspecified atom stereocenters. The normalized spacial score (nSPS) is 24.1. The lowest BCUT2D eigenvalue weighted by Crippen LogP contribution is -2.44. The van der Waals surface area contributed by atoms with Gasteiger partial charge in [-0.1, -0.05) is 5.16 Å². The Morgan fingerprint density at radius 1 is 1.13 bits per heavy atom. The second-order valence-corrected chi connectivity index (χ2v) is 7.04. The number of hydrogen-bond acceptors (Lipinski definition) is 5. The predicted molar refractivity (Wildman–Crippen MR) is 84.4 cm³/mol. The van der Waals surface area contributed by atoms with Crippen molar-refractivity contribution >= 4 is 5.91 Å². The molecular weight excluding hydrogens is 294 g/mol. The summed E-state index contributed by atoms with van der Waals surface area (Å²) in [6, 6.07) is 1.85. The number of likely N-dealkylation sites (tertiary alicyclic amines) is 1. The van der Waals surface area contributed by atoms with Crippen molar-refractivity contribution in [3.05, 3.63) is 17.5 Å². The largest absolute Gasteiger partial charge is 0.379 e. The molecule has 1 aliphatic carbocycles. The maximum atomic E-state index is 12.5. The van der Waals surface area contributed by atoms with Crippen LogP contribution in [0.2, 0.25) is 0 Å². The minimum absolute atomic E-state index is 0.0328. The van der Waals surface area contributed by atoms with E-state index in [1.807, 2.05) is 11.0 Å². The van der Waals surface area contributed by atoms with Crippen LogP contribution in [0.15, 0.2) is 10.6 Å². The molecule has 3 heterocycles. The van der Waals surface area contributed by atoms with Gasteiger partial charge in [-0.05, 0) is 31.6 Å². The molecule has 1 saturated carbocycles. The summed E-state index contributed by atoms with van der Waals surface area (Å²) in [6.45, 7) is 6.60. The van der Waals surface area contributed by atoms with Crippen molar-refractivity contribution in [2.75, 3.05) is 45.9 Å². The highest BCUT2D eigenvalue weighted by atomic mass is 16.5. The highest BCUT2D eigenvalue weighted by Gasteiger charge is 2.31. The maximum Gasteiger partial charge on any atom is 0.276 e. The van der Waals surface area contributed by atoms with Crippen LogP contribution in [0.25, 0.3) is 0 Å². The molecular formula is C17H25N3O3. The molecule has 0 atom stereocenters. The highest BCUT2D eigenvalue weighted by molar-refractivity contribution is 5.92. The van der Waals surface area contributed by atoms with Crippen LogP contribution < -0.4 is 0 Å². The van der Waals surface area contributed by atoms with Crippen LogP contribution in [0.1, 0.15) is 47.8 Å². The summed E-state index contributed by atoms with van der Waals surface area (Å²) in [7, 11) is 0. The second-order valence-electron chi connectivity index (χ2n) is 7.04. The van der Waals surface area contributed by atoms with E-state index in [9.17, 15) is 4.79 Å². The van der Waals surface area contributed by atoms with Gasteiger partial charge in [-0.2, -0.15) is 0 Å². The first-order valence-corrected chi connectivity index (χ1v) is 8.85. The van der Waals surface area contributed by atoms with Gasteiger partial charge in [0.2, 0.25) is 0 Å². The van der Waals surface area contributed by atoms with Crippen LogP contribution >= 0.6 is 0 Å². The molecule has 6 heteroatoms. The lowest BCUT2D eigenvalue weighted by molar-refractivity contribution is 0.0242. The number of rotatable bonds is 4. The zero-order chi connectivity index (χ0) is 15.6. The fourth-order valence-electron chi connectivity index (χ4n) is 3.58. The molecule has 3 fully saturated rings. The van der Waals surface area contributed by atoms with E-state index < -0.39 is 0 Å². The maximum absolute atomic E-state index is 12.5. The van der Waals surface area contributed by atoms with E-state index in [-0.39, 0.29) is 5.91 Å². The second kappa shape index (κ2) is 6.61. The SMILES string of the molecule is O=C(c1cc(C2CC2)on1)N1CCC(CN2CCOCC2)CC1. The van der Waals surface area contributed by atoms with Crippen molar-refractivity contribution in [2.45, 2.75) is 31.6 Å². The quantitative estimate of drug-likeness (QED) is 0.846. The number of morpholine rings is 1. The average Bonchev–Trinajstić information content (AvgIpc) is 3.33. The summed E-state index contributed by atoms with van der Waals surface area (Å²) in [5, 5.41) is 3.98. The molecule has 1 amide bonds. The number of carbonyl (C=O) groups excluding carboxylic acids is 1. The van der Waals surface area contributed by atoms with Crippen LogP contribution in [0.4, 0.5) is 0 Å². The Kier molecular flexibility index (Phi) is 4.35. The summed E-state index contributed by atoms with van der Waals surface area (Å²) < 4.78 is 10.7. The van der Waals surface area contributed by atoms with E-state index in [2.05, 4.69) is 10.1 Å².